The van der Waals surface area contributed by atoms with Gasteiger partial charge in [-0.05, 0) is 38.1 Å². The second kappa shape index (κ2) is 6.24. The van der Waals surface area contributed by atoms with Gasteiger partial charge in [0, 0.05) is 5.56 Å². The van der Waals surface area contributed by atoms with Crippen LogP contribution in [0.4, 0.5) is 0 Å². The Morgan fingerprint density at radius 2 is 1.91 bits per heavy atom. The molecule has 2 heterocycles. The number of ether oxygens (including phenoxy) is 3. The molecule has 2 fully saturated rings. The summed E-state index contributed by atoms with van der Waals surface area (Å²) >= 11 is 0. The number of amides is 1. The van der Waals surface area contributed by atoms with Crippen molar-refractivity contribution >= 4 is 5.91 Å². The van der Waals surface area contributed by atoms with Crippen molar-refractivity contribution in [1.29, 1.82) is 0 Å². The zero-order valence-electron chi connectivity index (χ0n) is 12.7. The first-order chi connectivity index (χ1) is 10.5. The largest absolute Gasteiger partial charge is 0.491 e. The van der Waals surface area contributed by atoms with Crippen LogP contribution in [-0.2, 0) is 9.47 Å². The first-order valence-corrected chi connectivity index (χ1v) is 7.53. The minimum atomic E-state index is -0.612. The minimum Gasteiger partial charge on any atom is -0.491 e. The molecule has 0 saturated carbocycles. The predicted molar refractivity (Wildman–Crippen MR) is 78.9 cm³/mol. The van der Waals surface area contributed by atoms with Gasteiger partial charge in [0.15, 0.2) is 0 Å². The number of rotatable bonds is 4. The molecule has 0 radical (unpaired) electrons. The highest BCUT2D eigenvalue weighted by Gasteiger charge is 2.47. The van der Waals surface area contributed by atoms with Crippen LogP contribution in [0.15, 0.2) is 24.3 Å². The summed E-state index contributed by atoms with van der Waals surface area (Å²) in [5, 5.41) is 12.6. The summed E-state index contributed by atoms with van der Waals surface area (Å²) in [4.78, 5) is 12.3. The molecule has 0 unspecified atom stereocenters. The van der Waals surface area contributed by atoms with Crippen LogP contribution >= 0.6 is 0 Å². The molecule has 2 saturated heterocycles. The van der Waals surface area contributed by atoms with Crippen molar-refractivity contribution in [3.63, 3.8) is 0 Å². The van der Waals surface area contributed by atoms with Gasteiger partial charge in [0.05, 0.1) is 25.4 Å². The van der Waals surface area contributed by atoms with Gasteiger partial charge in [0.1, 0.15) is 24.1 Å². The van der Waals surface area contributed by atoms with Crippen molar-refractivity contribution in [2.45, 2.75) is 44.3 Å². The lowest BCUT2D eigenvalue weighted by atomic mass is 10.1. The van der Waals surface area contributed by atoms with Crippen molar-refractivity contribution in [3.05, 3.63) is 29.8 Å². The molecule has 4 atom stereocenters. The van der Waals surface area contributed by atoms with E-state index in [2.05, 4.69) is 5.32 Å². The van der Waals surface area contributed by atoms with Gasteiger partial charge in [-0.25, -0.2) is 0 Å². The Balaban J connectivity index is 1.60. The molecule has 2 aliphatic heterocycles. The van der Waals surface area contributed by atoms with E-state index in [1.165, 1.54) is 0 Å². The van der Waals surface area contributed by atoms with E-state index >= 15 is 0 Å². The molecule has 6 nitrogen and oxygen atoms in total. The van der Waals surface area contributed by atoms with Gasteiger partial charge in [0.2, 0.25) is 0 Å². The number of nitrogens with one attached hydrogen (secondary N) is 1. The molecule has 0 spiro atoms. The van der Waals surface area contributed by atoms with Crippen LogP contribution in [0.25, 0.3) is 0 Å². The molecule has 0 aliphatic carbocycles. The zero-order chi connectivity index (χ0) is 15.7. The van der Waals surface area contributed by atoms with Crippen LogP contribution in [0.2, 0.25) is 0 Å². The van der Waals surface area contributed by atoms with E-state index in [4.69, 9.17) is 14.2 Å². The Morgan fingerprint density at radius 3 is 2.59 bits per heavy atom. The van der Waals surface area contributed by atoms with Crippen LogP contribution in [-0.4, -0.2) is 54.7 Å². The summed E-state index contributed by atoms with van der Waals surface area (Å²) in [7, 11) is 0. The second-order valence-corrected chi connectivity index (χ2v) is 5.93. The summed E-state index contributed by atoms with van der Waals surface area (Å²) in [5.74, 6) is 0.549. The Morgan fingerprint density at radius 1 is 1.23 bits per heavy atom. The summed E-state index contributed by atoms with van der Waals surface area (Å²) in [6, 6.07) is 6.77. The van der Waals surface area contributed by atoms with Gasteiger partial charge in [-0.15, -0.1) is 0 Å². The normalized spacial score (nSPS) is 30.4. The lowest BCUT2D eigenvalue weighted by molar-refractivity contribution is 0.0178. The zero-order valence-corrected chi connectivity index (χ0v) is 12.7. The second-order valence-electron chi connectivity index (χ2n) is 5.93. The van der Waals surface area contributed by atoms with Crippen molar-refractivity contribution in [3.8, 4) is 5.75 Å². The number of aliphatic hydroxyl groups is 1. The fourth-order valence-corrected chi connectivity index (χ4v) is 2.81. The standard InChI is InChI=1S/C16H21NO5/c1-9(2)22-11-5-3-10(4-6-11)16(19)17-12-7-20-15-13(18)8-21-14(12)15/h3-6,9,12-15,18H,7-8H2,1-2H3,(H,17,19)/t12-,13-,14-,15-/m1/s1. The van der Waals surface area contributed by atoms with Crippen molar-refractivity contribution in [2.75, 3.05) is 13.2 Å². The average molecular weight is 307 g/mol. The van der Waals surface area contributed by atoms with Crippen LogP contribution in [0, 0.1) is 0 Å². The first kappa shape index (κ1) is 15.3. The maximum atomic E-state index is 12.3. The van der Waals surface area contributed by atoms with Crippen LogP contribution < -0.4 is 10.1 Å². The maximum Gasteiger partial charge on any atom is 0.251 e. The highest BCUT2D eigenvalue weighted by atomic mass is 16.6. The number of aliphatic hydroxyl groups excluding tert-OH is 1. The molecule has 22 heavy (non-hydrogen) atoms. The molecule has 2 aliphatic rings. The van der Waals surface area contributed by atoms with Gasteiger partial charge in [-0.3, -0.25) is 4.79 Å². The van der Waals surface area contributed by atoms with Crippen LogP contribution in [0.1, 0.15) is 24.2 Å². The Hall–Kier alpha value is -1.63. The number of fused-ring (bicyclic) bond motifs is 1. The molecular weight excluding hydrogens is 286 g/mol. The molecule has 0 aromatic heterocycles. The summed E-state index contributed by atoms with van der Waals surface area (Å²) in [6.45, 7) is 4.51. The highest BCUT2D eigenvalue weighted by Crippen LogP contribution is 2.27. The molecule has 2 N–H and O–H groups in total. The third-order valence-corrected chi connectivity index (χ3v) is 3.83. The monoisotopic (exact) mass is 307 g/mol. The minimum absolute atomic E-state index is 0.0955. The van der Waals surface area contributed by atoms with E-state index in [0.717, 1.165) is 5.75 Å². The quantitative estimate of drug-likeness (QED) is 0.857. The summed E-state index contributed by atoms with van der Waals surface area (Å²) in [5.41, 5.74) is 0.554. The molecule has 3 rings (SSSR count). The maximum absolute atomic E-state index is 12.3. The van der Waals surface area contributed by atoms with Crippen LogP contribution in [0.3, 0.4) is 0 Å². The fraction of sp³-hybridized carbons (Fsp3) is 0.562. The van der Waals surface area contributed by atoms with E-state index < -0.39 is 6.10 Å². The Kier molecular flexibility index (Phi) is 4.33. The molecule has 1 aromatic carbocycles. The SMILES string of the molecule is CC(C)Oc1ccc(C(=O)N[C@@H]2CO[C@H]3[C@@H]2OC[C@H]3O)cc1. The number of carbonyl (C=O) groups excluding carboxylic acids is 1. The fourth-order valence-electron chi connectivity index (χ4n) is 2.81. The highest BCUT2D eigenvalue weighted by molar-refractivity contribution is 5.94. The third kappa shape index (κ3) is 3.09. The smallest absolute Gasteiger partial charge is 0.251 e. The Labute approximate surface area is 129 Å². The lowest BCUT2D eigenvalue weighted by Gasteiger charge is -2.17. The third-order valence-electron chi connectivity index (χ3n) is 3.83. The number of hydrogen-bond acceptors (Lipinski definition) is 5. The van der Waals surface area contributed by atoms with Gasteiger partial charge in [-0.2, -0.15) is 0 Å². The van der Waals surface area contributed by atoms with Gasteiger partial charge >= 0.3 is 0 Å². The Bertz CT molecular complexity index is 530. The van der Waals surface area contributed by atoms with Gasteiger partial charge in [-0.1, -0.05) is 0 Å². The molecule has 1 aromatic rings. The van der Waals surface area contributed by atoms with Crippen molar-refractivity contribution in [1.82, 2.24) is 5.32 Å². The van der Waals surface area contributed by atoms with E-state index in [9.17, 15) is 9.90 Å². The summed E-state index contributed by atoms with van der Waals surface area (Å²) in [6.07, 6.45) is -1.13. The van der Waals surface area contributed by atoms with Gasteiger partial charge in [0.25, 0.3) is 5.91 Å². The number of hydrogen-bond donors (Lipinski definition) is 2. The van der Waals surface area contributed by atoms with Crippen molar-refractivity contribution in [2.24, 2.45) is 0 Å². The van der Waals surface area contributed by atoms with E-state index in [1.54, 1.807) is 24.3 Å². The molecular formula is C16H21NO5. The average Bonchev–Trinajstić information content (AvgIpc) is 3.03. The lowest BCUT2D eigenvalue weighted by Crippen LogP contribution is -2.44. The molecule has 0 bridgehead atoms. The topological polar surface area (TPSA) is 77.0 Å². The summed E-state index contributed by atoms with van der Waals surface area (Å²) < 4.78 is 16.5. The van der Waals surface area contributed by atoms with E-state index in [1.807, 2.05) is 13.8 Å². The first-order valence-electron chi connectivity index (χ1n) is 7.53. The van der Waals surface area contributed by atoms with E-state index in [0.29, 0.717) is 12.2 Å². The number of benzene rings is 1. The van der Waals surface area contributed by atoms with E-state index in [-0.39, 0.29) is 36.9 Å². The van der Waals surface area contributed by atoms with Gasteiger partial charge < -0.3 is 24.6 Å². The number of carbonyl (C=O) groups is 1. The van der Waals surface area contributed by atoms with Crippen molar-refractivity contribution < 1.29 is 24.1 Å². The predicted octanol–water partition coefficient (Wildman–Crippen LogP) is 0.731. The molecule has 120 valence electrons. The molecule has 6 heteroatoms. The van der Waals surface area contributed by atoms with Crippen LogP contribution in [0.5, 0.6) is 5.75 Å². The molecule has 1 amide bonds.